The Kier molecular flexibility index (Phi) is 4.97. The smallest absolute Gasteiger partial charge is 0.224 e. The summed E-state index contributed by atoms with van der Waals surface area (Å²) in [6, 6.07) is 0. The maximum Gasteiger partial charge on any atom is 0.224 e. The van der Waals surface area contributed by atoms with Crippen molar-refractivity contribution < 1.29 is 12.8 Å². The minimum Gasteiger partial charge on any atom is -0.339 e. The van der Waals surface area contributed by atoms with E-state index in [1.165, 1.54) is 6.92 Å². The number of piperidine rings is 1. The fourth-order valence-corrected chi connectivity index (χ4v) is 2.64. The van der Waals surface area contributed by atoms with Gasteiger partial charge in [0.15, 0.2) is 0 Å². The maximum atomic E-state index is 12.6. The normalized spacial score (nSPS) is 23.1. The second-order valence-electron chi connectivity index (χ2n) is 4.10. The first-order valence-electron chi connectivity index (χ1n) is 5.48. The summed E-state index contributed by atoms with van der Waals surface area (Å²) in [5.41, 5.74) is 0. The van der Waals surface area contributed by atoms with E-state index >= 15 is 0 Å². The number of nitrogens with zero attached hydrogens (tertiary/aromatic N) is 3. The highest BCUT2D eigenvalue weighted by Gasteiger charge is 2.29. The summed E-state index contributed by atoms with van der Waals surface area (Å²) in [6.07, 6.45) is 2.19. The van der Waals surface area contributed by atoms with Gasteiger partial charge in [-0.25, -0.2) is 27.9 Å². The molecule has 2 N–H and O–H groups in total. The minimum atomic E-state index is -3.58. The molecule has 1 atom stereocenters. The van der Waals surface area contributed by atoms with E-state index < -0.39 is 21.1 Å². The van der Waals surface area contributed by atoms with Crippen LogP contribution in [0.4, 0.5) is 4.39 Å². The number of hydrogen-bond acceptors (Lipinski definition) is 3. The molecule has 0 saturated carbocycles. The van der Waals surface area contributed by atoms with Gasteiger partial charge in [0.25, 0.3) is 0 Å². The molecular weight excluding hydrogens is 259 g/mol. The Labute approximate surface area is 106 Å². The summed E-state index contributed by atoms with van der Waals surface area (Å²) in [5, 5.41) is 4.48. The first kappa shape index (κ1) is 14.8. The van der Waals surface area contributed by atoms with E-state index in [2.05, 4.69) is 16.7 Å². The van der Waals surface area contributed by atoms with E-state index in [1.54, 1.807) is 4.90 Å². The van der Waals surface area contributed by atoms with Gasteiger partial charge >= 0.3 is 0 Å². The highest BCUT2D eigenvalue weighted by molar-refractivity contribution is 7.89. The Bertz CT molecular complexity index is 468. The van der Waals surface area contributed by atoms with E-state index in [1.807, 2.05) is 0 Å². The van der Waals surface area contributed by atoms with Crippen LogP contribution in [0.5, 0.6) is 0 Å². The third-order valence-corrected chi connectivity index (χ3v) is 3.94. The van der Waals surface area contributed by atoms with Gasteiger partial charge in [-0.05, 0) is 26.5 Å². The summed E-state index contributed by atoms with van der Waals surface area (Å²) in [6.45, 7) is 5.41. The summed E-state index contributed by atoms with van der Waals surface area (Å²) < 4.78 is 35.2. The summed E-state index contributed by atoms with van der Waals surface area (Å²) in [4.78, 5) is 9.15. The second kappa shape index (κ2) is 6.05. The number of rotatable bonds is 2. The van der Waals surface area contributed by atoms with Gasteiger partial charge in [0, 0.05) is 13.1 Å². The fraction of sp³-hybridized carbons (Fsp3) is 0.600. The van der Waals surface area contributed by atoms with Crippen LogP contribution >= 0.6 is 0 Å². The van der Waals surface area contributed by atoms with Crippen LogP contribution in [0.15, 0.2) is 22.0 Å². The number of hydrogen-bond donors (Lipinski definition) is 1. The number of nitrogens with two attached hydrogens (primary N) is 1. The predicted molar refractivity (Wildman–Crippen MR) is 69.6 cm³/mol. The fourth-order valence-electron chi connectivity index (χ4n) is 1.76. The molecule has 0 aliphatic carbocycles. The van der Waals surface area contributed by atoms with E-state index in [-0.39, 0.29) is 12.5 Å². The highest BCUT2D eigenvalue weighted by Crippen LogP contribution is 2.16. The average molecular weight is 276 g/mol. The average Bonchev–Trinajstić information content (AvgIpc) is 2.29. The van der Waals surface area contributed by atoms with Crippen LogP contribution < -0.4 is 5.14 Å². The Balaban J connectivity index is 2.85. The van der Waals surface area contributed by atoms with Crippen molar-refractivity contribution in [1.29, 1.82) is 0 Å². The van der Waals surface area contributed by atoms with Crippen molar-refractivity contribution in [1.82, 2.24) is 4.90 Å². The molecule has 8 heteroatoms. The Morgan fingerprint density at radius 1 is 1.61 bits per heavy atom. The van der Waals surface area contributed by atoms with Gasteiger partial charge in [-0.2, -0.15) is 0 Å². The monoisotopic (exact) mass is 276 g/mol. The van der Waals surface area contributed by atoms with Crippen molar-refractivity contribution in [2.75, 3.05) is 13.1 Å². The Hall–Kier alpha value is -1.28. The summed E-state index contributed by atoms with van der Waals surface area (Å²) >= 11 is 0. The van der Waals surface area contributed by atoms with Crippen LogP contribution in [0.3, 0.4) is 0 Å². The van der Waals surface area contributed by atoms with Crippen molar-refractivity contribution in [3.05, 3.63) is 12.0 Å². The van der Waals surface area contributed by atoms with Gasteiger partial charge in [-0.1, -0.05) is 0 Å². The van der Waals surface area contributed by atoms with Gasteiger partial charge in [0.2, 0.25) is 16.0 Å². The zero-order chi connectivity index (χ0) is 13.8. The molecule has 18 heavy (non-hydrogen) atoms. The van der Waals surface area contributed by atoms with Crippen molar-refractivity contribution in [3.63, 3.8) is 0 Å². The molecule has 102 valence electrons. The Morgan fingerprint density at radius 2 is 2.28 bits per heavy atom. The molecule has 6 nitrogen and oxygen atoms in total. The van der Waals surface area contributed by atoms with Crippen LogP contribution in [0.1, 0.15) is 19.8 Å². The van der Waals surface area contributed by atoms with Crippen LogP contribution in [0.2, 0.25) is 0 Å². The van der Waals surface area contributed by atoms with E-state index in [0.29, 0.717) is 19.4 Å². The number of primary sulfonamides is 1. The second-order valence-corrected chi connectivity index (χ2v) is 5.95. The van der Waals surface area contributed by atoms with Gasteiger partial charge in [-0.3, -0.25) is 0 Å². The molecule has 1 aliphatic heterocycles. The molecule has 1 saturated heterocycles. The SMILES string of the molecule is C=N/C(=N\C=C(/C)F)N1CCC[C@@H](S(N)(=O)=O)C1. The first-order chi connectivity index (χ1) is 8.34. The molecule has 1 aliphatic rings. The number of aliphatic imine (C=N–C) groups is 2. The number of sulfonamides is 1. The van der Waals surface area contributed by atoms with E-state index in [4.69, 9.17) is 5.14 Å². The number of halogens is 1. The van der Waals surface area contributed by atoms with E-state index in [9.17, 15) is 12.8 Å². The van der Waals surface area contributed by atoms with Gasteiger partial charge in [0.05, 0.1) is 11.4 Å². The molecule has 0 bridgehead atoms. The largest absolute Gasteiger partial charge is 0.339 e. The molecule has 1 fully saturated rings. The molecule has 0 amide bonds. The molecule has 0 aromatic carbocycles. The van der Waals surface area contributed by atoms with Crippen molar-refractivity contribution >= 4 is 22.7 Å². The number of allylic oxidation sites excluding steroid dienone is 1. The predicted octanol–water partition coefficient (Wildman–Crippen LogP) is 0.627. The summed E-state index contributed by atoms with van der Waals surface area (Å²) in [7, 11) is -3.58. The van der Waals surface area contributed by atoms with Crippen LogP contribution in [-0.2, 0) is 10.0 Å². The molecule has 0 unspecified atom stereocenters. The minimum absolute atomic E-state index is 0.204. The molecule has 0 spiro atoms. The van der Waals surface area contributed by atoms with Crippen molar-refractivity contribution in [2.24, 2.45) is 15.1 Å². The van der Waals surface area contributed by atoms with Gasteiger partial charge in [-0.15, -0.1) is 0 Å². The zero-order valence-electron chi connectivity index (χ0n) is 10.2. The van der Waals surface area contributed by atoms with Gasteiger partial charge < -0.3 is 4.90 Å². The molecule has 1 heterocycles. The lowest BCUT2D eigenvalue weighted by Crippen LogP contribution is -2.46. The maximum absolute atomic E-state index is 12.6. The molecular formula is C10H17FN4O2S. The Morgan fingerprint density at radius 3 is 2.78 bits per heavy atom. The lowest BCUT2D eigenvalue weighted by molar-refractivity contribution is 0.338. The topological polar surface area (TPSA) is 88.1 Å². The quantitative estimate of drug-likeness (QED) is 0.592. The lowest BCUT2D eigenvalue weighted by Gasteiger charge is -2.31. The molecule has 0 aromatic rings. The summed E-state index contributed by atoms with van der Waals surface area (Å²) in [5.74, 6) is -0.253. The number of guanidine groups is 1. The van der Waals surface area contributed by atoms with Crippen LogP contribution in [-0.4, -0.2) is 44.3 Å². The molecule has 0 radical (unpaired) electrons. The van der Waals surface area contributed by atoms with Crippen LogP contribution in [0, 0.1) is 0 Å². The third-order valence-electron chi connectivity index (χ3n) is 2.62. The molecule has 0 aromatic heterocycles. The van der Waals surface area contributed by atoms with Gasteiger partial charge in [0.1, 0.15) is 5.83 Å². The third kappa shape index (κ3) is 4.19. The first-order valence-corrected chi connectivity index (χ1v) is 7.09. The zero-order valence-corrected chi connectivity index (χ0v) is 11.0. The van der Waals surface area contributed by atoms with Crippen LogP contribution in [0.25, 0.3) is 0 Å². The van der Waals surface area contributed by atoms with Crippen molar-refractivity contribution in [3.8, 4) is 0 Å². The van der Waals surface area contributed by atoms with E-state index in [0.717, 1.165) is 6.20 Å². The van der Waals surface area contributed by atoms with Crippen molar-refractivity contribution in [2.45, 2.75) is 25.0 Å². The number of likely N-dealkylation sites (tertiary alicyclic amines) is 1. The lowest BCUT2D eigenvalue weighted by atomic mass is 10.1. The standard InChI is InChI=1S/C10H17FN4O2S/c1-8(11)6-14-10(13-2)15-5-3-4-9(7-15)18(12,16)17/h6,9H,2-5,7H2,1H3,(H2,12,16,17)/b8-6+,14-10+/t9-/m1/s1. The molecule has 1 rings (SSSR count). The highest BCUT2D eigenvalue weighted by atomic mass is 32.2.